The van der Waals surface area contributed by atoms with Gasteiger partial charge >= 0.3 is 0 Å². The van der Waals surface area contributed by atoms with E-state index in [0.717, 1.165) is 11.3 Å². The van der Waals surface area contributed by atoms with Crippen LogP contribution in [0.1, 0.15) is 65.0 Å². The van der Waals surface area contributed by atoms with Gasteiger partial charge in [-0.25, -0.2) is 0 Å². The molecule has 4 amide bonds. The molecule has 3 aliphatic rings. The Morgan fingerprint density at radius 2 is 1.74 bits per heavy atom. The molecule has 0 aliphatic carbocycles. The van der Waals surface area contributed by atoms with Gasteiger partial charge in [-0.05, 0) is 39.3 Å². The van der Waals surface area contributed by atoms with Crippen LogP contribution in [0, 0.1) is 5.41 Å². The molecule has 39 heavy (non-hydrogen) atoms. The van der Waals surface area contributed by atoms with E-state index in [4.69, 9.17) is 4.74 Å². The highest BCUT2D eigenvalue weighted by atomic mass is 35.5. The number of nitrogens with zero attached hydrogens (tertiary/aromatic N) is 2. The molecule has 0 bridgehead atoms. The monoisotopic (exact) mass is 563 g/mol. The Bertz CT molecular complexity index is 1080. The van der Waals surface area contributed by atoms with Gasteiger partial charge in [0.25, 0.3) is 0 Å². The van der Waals surface area contributed by atoms with Crippen LogP contribution in [0.4, 0.5) is 0 Å². The number of halogens is 1. The molecule has 11 heteroatoms. The maximum atomic E-state index is 14.0. The number of benzene rings is 1. The summed E-state index contributed by atoms with van der Waals surface area (Å²) in [6, 6.07) is 5.21. The molecule has 0 aromatic heterocycles. The maximum Gasteiger partial charge on any atom is 0.247 e. The SMILES string of the molecule is CN[C@@H](C)C(=O)N[C@H]1CN(C(=O)C(C)(C)C)CC[C@H]2CC[C@@H](C(=O)N[C@@H]3CCOc4ccccc43)N2C1=O.Cl. The number of likely N-dealkylation sites (N-methyl/N-ethyl adjacent to an activating group) is 1. The predicted molar refractivity (Wildman–Crippen MR) is 149 cm³/mol. The summed E-state index contributed by atoms with van der Waals surface area (Å²) in [5.74, 6) is -0.140. The number of carbonyl (C=O) groups is 4. The van der Waals surface area contributed by atoms with Crippen LogP contribution in [0.15, 0.2) is 24.3 Å². The second-order valence-electron chi connectivity index (χ2n) is 11.6. The molecule has 3 aliphatic heterocycles. The summed E-state index contributed by atoms with van der Waals surface area (Å²) in [6.07, 6.45) is 2.44. The molecule has 1 aromatic rings. The molecular formula is C28H42ClN5O5. The van der Waals surface area contributed by atoms with Crippen molar-refractivity contribution >= 4 is 36.0 Å². The molecule has 0 spiro atoms. The minimum atomic E-state index is -0.940. The fourth-order valence-electron chi connectivity index (χ4n) is 5.59. The van der Waals surface area contributed by atoms with E-state index in [0.29, 0.717) is 38.8 Å². The summed E-state index contributed by atoms with van der Waals surface area (Å²) in [7, 11) is 1.67. The highest BCUT2D eigenvalue weighted by Gasteiger charge is 2.46. The van der Waals surface area contributed by atoms with Crippen molar-refractivity contribution in [2.24, 2.45) is 5.41 Å². The first-order valence-electron chi connectivity index (χ1n) is 13.6. The average molecular weight is 564 g/mol. The van der Waals surface area contributed by atoms with Crippen molar-refractivity contribution in [2.75, 3.05) is 26.7 Å². The third kappa shape index (κ3) is 6.66. The summed E-state index contributed by atoms with van der Waals surface area (Å²) >= 11 is 0. The van der Waals surface area contributed by atoms with Crippen molar-refractivity contribution < 1.29 is 23.9 Å². The van der Waals surface area contributed by atoms with E-state index in [9.17, 15) is 19.2 Å². The van der Waals surface area contributed by atoms with Crippen molar-refractivity contribution in [3.05, 3.63) is 29.8 Å². The van der Waals surface area contributed by atoms with Gasteiger partial charge in [-0.1, -0.05) is 39.0 Å². The van der Waals surface area contributed by atoms with Crippen LogP contribution in [0.2, 0.25) is 0 Å². The predicted octanol–water partition coefficient (Wildman–Crippen LogP) is 1.78. The summed E-state index contributed by atoms with van der Waals surface area (Å²) < 4.78 is 5.73. The molecule has 0 unspecified atom stereocenters. The van der Waals surface area contributed by atoms with Crippen LogP contribution in [0.3, 0.4) is 0 Å². The van der Waals surface area contributed by atoms with Crippen LogP contribution in [0.25, 0.3) is 0 Å². The minimum absolute atomic E-state index is 0. The van der Waals surface area contributed by atoms with E-state index < -0.39 is 23.5 Å². The Morgan fingerprint density at radius 3 is 2.44 bits per heavy atom. The zero-order valence-electron chi connectivity index (χ0n) is 23.5. The highest BCUT2D eigenvalue weighted by molar-refractivity contribution is 5.94. The van der Waals surface area contributed by atoms with Gasteiger partial charge in [0.05, 0.1) is 18.7 Å². The number of nitrogens with one attached hydrogen (secondary N) is 3. The van der Waals surface area contributed by atoms with Crippen molar-refractivity contribution in [1.82, 2.24) is 25.8 Å². The quantitative estimate of drug-likeness (QED) is 0.502. The van der Waals surface area contributed by atoms with Crippen molar-refractivity contribution in [3.63, 3.8) is 0 Å². The third-order valence-corrected chi connectivity index (χ3v) is 7.84. The number of amides is 4. The molecule has 3 N–H and O–H groups in total. The van der Waals surface area contributed by atoms with Crippen LogP contribution < -0.4 is 20.7 Å². The molecule has 2 saturated heterocycles. The van der Waals surface area contributed by atoms with Crippen LogP contribution >= 0.6 is 12.4 Å². The Labute approximate surface area is 237 Å². The number of carbonyl (C=O) groups excluding carboxylic acids is 4. The standard InChI is InChI=1S/C28H41N5O5.ClH/c1-17(29-5)24(34)31-21-16-32(27(37)28(2,3)4)14-12-18-10-11-22(33(18)26(21)36)25(35)30-20-13-15-38-23-9-7-6-8-19(20)23;/h6-9,17-18,20-22,29H,10-16H2,1-5H3,(H,30,35)(H,31,34);1H/t17-,18+,20+,21-,22-;/m0./s1. The zero-order chi connectivity index (χ0) is 27.6. The van der Waals surface area contributed by atoms with Gasteiger partial charge in [0.2, 0.25) is 23.6 Å². The molecule has 5 atom stereocenters. The van der Waals surface area contributed by atoms with Gasteiger partial charge in [-0.3, -0.25) is 19.2 Å². The average Bonchev–Trinajstić information content (AvgIpc) is 3.31. The Morgan fingerprint density at radius 1 is 1.03 bits per heavy atom. The van der Waals surface area contributed by atoms with Gasteiger partial charge in [0.15, 0.2) is 0 Å². The maximum absolute atomic E-state index is 14.0. The summed E-state index contributed by atoms with van der Waals surface area (Å²) in [5.41, 5.74) is 0.315. The zero-order valence-corrected chi connectivity index (χ0v) is 24.3. The van der Waals surface area contributed by atoms with Gasteiger partial charge in [-0.15, -0.1) is 12.4 Å². The first-order valence-corrected chi connectivity index (χ1v) is 13.6. The molecule has 2 fully saturated rings. The lowest BCUT2D eigenvalue weighted by molar-refractivity contribution is -0.149. The molecule has 0 saturated carbocycles. The smallest absolute Gasteiger partial charge is 0.247 e. The molecule has 1 aromatic carbocycles. The number of fused-ring (bicyclic) bond motifs is 2. The fourth-order valence-corrected chi connectivity index (χ4v) is 5.59. The minimum Gasteiger partial charge on any atom is -0.493 e. The van der Waals surface area contributed by atoms with E-state index in [1.165, 1.54) is 0 Å². The number of para-hydroxylation sites is 1. The van der Waals surface area contributed by atoms with Crippen molar-refractivity contribution in [1.29, 1.82) is 0 Å². The number of rotatable bonds is 5. The largest absolute Gasteiger partial charge is 0.493 e. The molecule has 3 heterocycles. The van der Waals surface area contributed by atoms with Gasteiger partial charge in [0.1, 0.15) is 17.8 Å². The van der Waals surface area contributed by atoms with Crippen LogP contribution in [0.5, 0.6) is 5.75 Å². The summed E-state index contributed by atoms with van der Waals surface area (Å²) in [4.78, 5) is 57.0. The highest BCUT2D eigenvalue weighted by Crippen LogP contribution is 2.34. The summed E-state index contributed by atoms with van der Waals surface area (Å²) in [6.45, 7) is 8.30. The second kappa shape index (κ2) is 12.6. The van der Waals surface area contributed by atoms with E-state index in [2.05, 4.69) is 16.0 Å². The Balaban J connectivity index is 0.00000420. The Hall–Kier alpha value is -2.85. The lowest BCUT2D eigenvalue weighted by Gasteiger charge is -2.40. The van der Waals surface area contributed by atoms with Crippen LogP contribution in [-0.2, 0) is 19.2 Å². The normalized spacial score (nSPS) is 25.6. The fraction of sp³-hybridized carbons (Fsp3) is 0.643. The first-order chi connectivity index (χ1) is 18.0. The Kier molecular flexibility index (Phi) is 9.88. The van der Waals surface area contributed by atoms with Gasteiger partial charge in [0, 0.05) is 36.5 Å². The second-order valence-corrected chi connectivity index (χ2v) is 11.6. The molecule has 216 valence electrons. The van der Waals surface area contributed by atoms with E-state index in [1.807, 2.05) is 45.0 Å². The van der Waals surface area contributed by atoms with Crippen molar-refractivity contribution in [2.45, 2.75) is 83.6 Å². The van der Waals surface area contributed by atoms with E-state index in [-0.39, 0.29) is 54.7 Å². The number of hydrogen-bond donors (Lipinski definition) is 3. The van der Waals surface area contributed by atoms with Crippen LogP contribution in [-0.4, -0.2) is 84.3 Å². The van der Waals surface area contributed by atoms with Gasteiger partial charge < -0.3 is 30.5 Å². The van der Waals surface area contributed by atoms with E-state index >= 15 is 0 Å². The van der Waals surface area contributed by atoms with E-state index in [1.54, 1.807) is 23.8 Å². The number of ether oxygens (including phenoxy) is 1. The molecule has 4 rings (SSSR count). The first kappa shape index (κ1) is 30.7. The van der Waals surface area contributed by atoms with Crippen molar-refractivity contribution in [3.8, 4) is 5.75 Å². The number of hydrogen-bond acceptors (Lipinski definition) is 6. The third-order valence-electron chi connectivity index (χ3n) is 7.84. The molecular weight excluding hydrogens is 522 g/mol. The van der Waals surface area contributed by atoms with Gasteiger partial charge in [-0.2, -0.15) is 0 Å². The lowest BCUT2D eigenvalue weighted by atomic mass is 9.93. The summed E-state index contributed by atoms with van der Waals surface area (Å²) in [5, 5.41) is 8.91. The molecule has 0 radical (unpaired) electrons. The lowest BCUT2D eigenvalue weighted by Crippen LogP contribution is -2.63. The topological polar surface area (TPSA) is 120 Å². The molecule has 10 nitrogen and oxygen atoms in total.